The fraction of sp³-hybridized carbons (Fsp3) is 0.158. The third kappa shape index (κ3) is 3.68. The Bertz CT molecular complexity index is 886. The molecule has 122 valence electrons. The molecule has 3 aromatic rings. The van der Waals surface area contributed by atoms with Gasteiger partial charge < -0.3 is 5.32 Å². The van der Waals surface area contributed by atoms with E-state index in [2.05, 4.69) is 10.4 Å². The van der Waals surface area contributed by atoms with Crippen LogP contribution in [0.3, 0.4) is 0 Å². The first-order chi connectivity index (χ1) is 11.5. The average molecular weight is 323 g/mol. The van der Waals surface area contributed by atoms with E-state index in [1.54, 1.807) is 23.0 Å². The quantitative estimate of drug-likeness (QED) is 0.790. The average Bonchev–Trinajstić information content (AvgIpc) is 2.96. The van der Waals surface area contributed by atoms with E-state index < -0.39 is 0 Å². The molecule has 0 saturated carbocycles. The zero-order chi connectivity index (χ0) is 17.1. The topological polar surface area (TPSA) is 46.9 Å². The van der Waals surface area contributed by atoms with E-state index in [0.29, 0.717) is 17.9 Å². The number of nitrogens with zero attached hydrogens (tertiary/aromatic N) is 2. The fourth-order valence-corrected chi connectivity index (χ4v) is 2.50. The van der Waals surface area contributed by atoms with Gasteiger partial charge in [-0.05, 0) is 43.2 Å². The van der Waals surface area contributed by atoms with Crippen LogP contribution in [0.1, 0.15) is 27.0 Å². The molecule has 0 bridgehead atoms. The van der Waals surface area contributed by atoms with Gasteiger partial charge in [0, 0.05) is 17.8 Å². The number of aryl methyl sites for hydroxylation is 2. The Morgan fingerprint density at radius 3 is 2.79 bits per heavy atom. The van der Waals surface area contributed by atoms with Crippen molar-refractivity contribution in [2.75, 3.05) is 5.32 Å². The highest BCUT2D eigenvalue weighted by atomic mass is 19.1. The first kappa shape index (κ1) is 15.9. The predicted octanol–water partition coefficient (Wildman–Crippen LogP) is 3.94. The molecule has 3 rings (SSSR count). The Balaban J connectivity index is 1.72. The number of rotatable bonds is 4. The van der Waals surface area contributed by atoms with Crippen molar-refractivity contribution in [3.8, 4) is 0 Å². The molecule has 1 N–H and O–H groups in total. The summed E-state index contributed by atoms with van der Waals surface area (Å²) in [5.74, 6) is 0.00706. The summed E-state index contributed by atoms with van der Waals surface area (Å²) in [4.78, 5) is 12.4. The monoisotopic (exact) mass is 323 g/mol. The molecule has 0 atom stereocenters. The molecule has 0 unspecified atom stereocenters. The second-order valence-corrected chi connectivity index (χ2v) is 5.80. The third-order valence-electron chi connectivity index (χ3n) is 3.75. The lowest BCUT2D eigenvalue weighted by Crippen LogP contribution is -2.14. The molecule has 2 aromatic carbocycles. The zero-order valence-corrected chi connectivity index (χ0v) is 13.6. The Labute approximate surface area is 139 Å². The van der Waals surface area contributed by atoms with Gasteiger partial charge in [0.05, 0.1) is 6.54 Å². The summed E-state index contributed by atoms with van der Waals surface area (Å²) in [6, 6.07) is 13.8. The number of carbonyl (C=O) groups excluding carboxylic acids is 1. The minimum absolute atomic E-state index is 0.188. The Morgan fingerprint density at radius 2 is 2.00 bits per heavy atom. The standard InChI is InChI=1S/C19H18FN3O/c1-13-6-7-14(2)17(10-13)19(24)21-18-8-9-23(22-18)12-15-4-3-5-16(20)11-15/h3-11H,12H2,1-2H3,(H,21,22,24). The predicted molar refractivity (Wildman–Crippen MR) is 91.6 cm³/mol. The zero-order valence-electron chi connectivity index (χ0n) is 13.6. The normalized spacial score (nSPS) is 10.6. The van der Waals surface area contributed by atoms with Crippen LogP contribution in [0.25, 0.3) is 0 Å². The summed E-state index contributed by atoms with van der Waals surface area (Å²) in [5.41, 5.74) is 3.39. The van der Waals surface area contributed by atoms with Crippen molar-refractivity contribution in [1.29, 1.82) is 0 Å². The van der Waals surface area contributed by atoms with Gasteiger partial charge in [0.25, 0.3) is 5.91 Å². The van der Waals surface area contributed by atoms with Gasteiger partial charge in [0.15, 0.2) is 5.82 Å². The molecule has 0 saturated heterocycles. The van der Waals surface area contributed by atoms with Gasteiger partial charge in [0.1, 0.15) is 5.82 Å². The molecule has 1 amide bonds. The summed E-state index contributed by atoms with van der Waals surface area (Å²) in [7, 11) is 0. The van der Waals surface area contributed by atoms with Gasteiger partial charge in [-0.1, -0.05) is 29.8 Å². The number of amides is 1. The van der Waals surface area contributed by atoms with Crippen molar-refractivity contribution in [3.05, 3.63) is 82.8 Å². The van der Waals surface area contributed by atoms with Crippen molar-refractivity contribution >= 4 is 11.7 Å². The summed E-state index contributed by atoms with van der Waals surface area (Å²) >= 11 is 0. The van der Waals surface area contributed by atoms with Crippen LogP contribution in [0, 0.1) is 19.7 Å². The number of halogens is 1. The lowest BCUT2D eigenvalue weighted by atomic mass is 10.1. The van der Waals surface area contributed by atoms with E-state index >= 15 is 0 Å². The number of anilines is 1. The van der Waals surface area contributed by atoms with Crippen LogP contribution < -0.4 is 5.32 Å². The van der Waals surface area contributed by atoms with Crippen LogP contribution >= 0.6 is 0 Å². The molecule has 0 spiro atoms. The molecule has 0 radical (unpaired) electrons. The number of aromatic nitrogens is 2. The molecular formula is C19H18FN3O. The molecule has 0 aliphatic heterocycles. The maximum atomic E-state index is 13.2. The fourth-order valence-electron chi connectivity index (χ4n) is 2.50. The maximum absolute atomic E-state index is 13.2. The molecule has 0 fully saturated rings. The number of benzene rings is 2. The molecule has 4 nitrogen and oxygen atoms in total. The molecule has 24 heavy (non-hydrogen) atoms. The van der Waals surface area contributed by atoms with Gasteiger partial charge in [-0.2, -0.15) is 5.10 Å². The highest BCUT2D eigenvalue weighted by Crippen LogP contribution is 2.14. The lowest BCUT2D eigenvalue weighted by molar-refractivity contribution is 0.102. The smallest absolute Gasteiger partial charge is 0.257 e. The minimum Gasteiger partial charge on any atom is -0.305 e. The highest BCUT2D eigenvalue weighted by Gasteiger charge is 2.11. The Morgan fingerprint density at radius 1 is 1.17 bits per heavy atom. The van der Waals surface area contributed by atoms with E-state index in [4.69, 9.17) is 0 Å². The number of carbonyl (C=O) groups is 1. The molecule has 0 aliphatic rings. The first-order valence-electron chi connectivity index (χ1n) is 7.68. The van der Waals surface area contributed by atoms with Crippen molar-refractivity contribution in [2.45, 2.75) is 20.4 Å². The molecule has 1 heterocycles. The van der Waals surface area contributed by atoms with Gasteiger partial charge in [-0.25, -0.2) is 4.39 Å². The van der Waals surface area contributed by atoms with Crippen LogP contribution in [-0.4, -0.2) is 15.7 Å². The first-order valence-corrected chi connectivity index (χ1v) is 7.68. The lowest BCUT2D eigenvalue weighted by Gasteiger charge is -2.07. The SMILES string of the molecule is Cc1ccc(C)c(C(=O)Nc2ccn(Cc3cccc(F)c3)n2)c1. The maximum Gasteiger partial charge on any atom is 0.257 e. The van der Waals surface area contributed by atoms with Gasteiger partial charge >= 0.3 is 0 Å². The summed E-state index contributed by atoms with van der Waals surface area (Å²) in [5, 5.41) is 7.11. The van der Waals surface area contributed by atoms with Crippen molar-refractivity contribution in [3.63, 3.8) is 0 Å². The minimum atomic E-state index is -0.275. The van der Waals surface area contributed by atoms with Crippen LogP contribution in [-0.2, 0) is 6.54 Å². The highest BCUT2D eigenvalue weighted by molar-refractivity contribution is 6.04. The number of nitrogens with one attached hydrogen (secondary N) is 1. The largest absolute Gasteiger partial charge is 0.305 e. The van der Waals surface area contributed by atoms with Gasteiger partial charge in [-0.3, -0.25) is 9.48 Å². The van der Waals surface area contributed by atoms with E-state index in [1.807, 2.05) is 38.1 Å². The Hall–Kier alpha value is -2.95. The van der Waals surface area contributed by atoms with Crippen molar-refractivity contribution in [1.82, 2.24) is 9.78 Å². The molecule has 1 aromatic heterocycles. The number of hydrogen-bond donors (Lipinski definition) is 1. The van der Waals surface area contributed by atoms with Crippen LogP contribution in [0.15, 0.2) is 54.7 Å². The second-order valence-electron chi connectivity index (χ2n) is 5.80. The summed E-state index contributed by atoms with van der Waals surface area (Å²) < 4.78 is 14.9. The van der Waals surface area contributed by atoms with E-state index in [0.717, 1.165) is 16.7 Å². The van der Waals surface area contributed by atoms with Gasteiger partial charge in [0.2, 0.25) is 0 Å². The van der Waals surface area contributed by atoms with E-state index in [9.17, 15) is 9.18 Å². The van der Waals surface area contributed by atoms with Gasteiger partial charge in [-0.15, -0.1) is 0 Å². The molecule has 0 aliphatic carbocycles. The van der Waals surface area contributed by atoms with Crippen LogP contribution in [0.2, 0.25) is 0 Å². The van der Waals surface area contributed by atoms with Crippen LogP contribution in [0.4, 0.5) is 10.2 Å². The second kappa shape index (κ2) is 6.66. The van der Waals surface area contributed by atoms with E-state index in [1.165, 1.54) is 12.1 Å². The van der Waals surface area contributed by atoms with Crippen molar-refractivity contribution in [2.24, 2.45) is 0 Å². The third-order valence-corrected chi connectivity index (χ3v) is 3.75. The summed E-state index contributed by atoms with van der Waals surface area (Å²) in [6.07, 6.45) is 1.75. The van der Waals surface area contributed by atoms with Crippen molar-refractivity contribution < 1.29 is 9.18 Å². The number of hydrogen-bond acceptors (Lipinski definition) is 2. The summed E-state index contributed by atoms with van der Waals surface area (Å²) in [6.45, 7) is 4.29. The van der Waals surface area contributed by atoms with E-state index in [-0.39, 0.29) is 11.7 Å². The molecule has 5 heteroatoms. The molecular weight excluding hydrogens is 305 g/mol. The van der Waals surface area contributed by atoms with Crippen LogP contribution in [0.5, 0.6) is 0 Å². The Kier molecular flexibility index (Phi) is 4.42.